The lowest BCUT2D eigenvalue weighted by Gasteiger charge is -2.20. The van der Waals surface area contributed by atoms with Crippen LogP contribution in [0.4, 0.5) is 4.79 Å². The number of urea groups is 1. The number of carbonyl (C=O) groups excluding carboxylic acids is 1. The van der Waals surface area contributed by atoms with Gasteiger partial charge in [-0.3, -0.25) is 4.90 Å². The zero-order valence-corrected chi connectivity index (χ0v) is 15.5. The van der Waals surface area contributed by atoms with Crippen molar-refractivity contribution in [3.05, 3.63) is 58.5 Å². The molecule has 0 spiro atoms. The molecule has 1 heterocycles. The molecular weight excluding hydrogens is 370 g/mol. The van der Waals surface area contributed by atoms with E-state index in [1.54, 1.807) is 12.5 Å². The number of carbonyl (C=O) groups is 1. The van der Waals surface area contributed by atoms with Crippen molar-refractivity contribution >= 4 is 22.0 Å². The minimum absolute atomic E-state index is 0.128. The van der Waals surface area contributed by atoms with Crippen LogP contribution in [0.5, 0.6) is 0 Å². The zero-order chi connectivity index (χ0) is 17.2. The molecule has 0 bridgehead atoms. The average Bonchev–Trinajstić information content (AvgIpc) is 3.07. The maximum Gasteiger partial charge on any atom is 0.314 e. The number of hydrogen-bond acceptors (Lipinski definition) is 3. The van der Waals surface area contributed by atoms with Crippen molar-refractivity contribution in [1.82, 2.24) is 15.5 Å². The Hall–Kier alpha value is -1.79. The van der Waals surface area contributed by atoms with E-state index in [1.165, 1.54) is 5.56 Å². The van der Waals surface area contributed by atoms with Gasteiger partial charge in [0.2, 0.25) is 0 Å². The standard InChI is InChI=1S/C18H24BrN3O2/c1-2-22(13-16-4-3-5-17(19)12-16)10-9-21-18(23)20-8-6-15-7-11-24-14-15/h3-5,7,11-12,14H,2,6,8-10,13H2,1H3,(H2,20,21,23). The molecule has 0 unspecified atom stereocenters. The van der Waals surface area contributed by atoms with Crippen molar-refractivity contribution in [3.8, 4) is 0 Å². The Labute approximate surface area is 151 Å². The van der Waals surface area contributed by atoms with Crippen molar-refractivity contribution in [3.63, 3.8) is 0 Å². The fraction of sp³-hybridized carbons (Fsp3) is 0.389. The number of amides is 2. The molecule has 0 aliphatic heterocycles. The second-order valence-corrected chi connectivity index (χ2v) is 6.48. The van der Waals surface area contributed by atoms with Crippen LogP contribution in [0, 0.1) is 0 Å². The SMILES string of the molecule is CCN(CCNC(=O)NCCc1ccoc1)Cc1cccc(Br)c1. The van der Waals surface area contributed by atoms with Gasteiger partial charge in [0, 0.05) is 30.7 Å². The Morgan fingerprint density at radius 1 is 1.21 bits per heavy atom. The van der Waals surface area contributed by atoms with Crippen LogP contribution in [0.2, 0.25) is 0 Å². The topological polar surface area (TPSA) is 57.5 Å². The summed E-state index contributed by atoms with van der Waals surface area (Å²) < 4.78 is 6.08. The molecule has 0 fully saturated rings. The first-order valence-corrected chi connectivity index (χ1v) is 8.96. The van der Waals surface area contributed by atoms with Crippen LogP contribution in [0.15, 0.2) is 51.7 Å². The fourth-order valence-electron chi connectivity index (χ4n) is 2.39. The molecule has 0 aliphatic rings. The highest BCUT2D eigenvalue weighted by Gasteiger charge is 2.06. The third-order valence-electron chi connectivity index (χ3n) is 3.74. The third kappa shape index (κ3) is 6.76. The molecule has 1 aromatic carbocycles. The van der Waals surface area contributed by atoms with Gasteiger partial charge in [0.25, 0.3) is 0 Å². The molecule has 0 saturated heterocycles. The zero-order valence-electron chi connectivity index (χ0n) is 13.9. The highest BCUT2D eigenvalue weighted by atomic mass is 79.9. The van der Waals surface area contributed by atoms with E-state index < -0.39 is 0 Å². The Kier molecular flexibility index (Phi) is 7.85. The Morgan fingerprint density at radius 3 is 2.75 bits per heavy atom. The maximum absolute atomic E-state index is 11.8. The van der Waals surface area contributed by atoms with E-state index >= 15 is 0 Å². The minimum atomic E-state index is -0.128. The predicted molar refractivity (Wildman–Crippen MR) is 98.9 cm³/mol. The van der Waals surface area contributed by atoms with Gasteiger partial charge in [-0.1, -0.05) is 35.0 Å². The molecule has 2 aromatic rings. The number of benzene rings is 1. The maximum atomic E-state index is 11.8. The average molecular weight is 394 g/mol. The van der Waals surface area contributed by atoms with Crippen LogP contribution in [0.3, 0.4) is 0 Å². The first kappa shape index (κ1) is 18.5. The van der Waals surface area contributed by atoms with E-state index in [0.29, 0.717) is 13.1 Å². The molecule has 1 aromatic heterocycles. The van der Waals surface area contributed by atoms with E-state index in [2.05, 4.69) is 50.5 Å². The number of nitrogens with zero attached hydrogens (tertiary/aromatic N) is 1. The number of furan rings is 1. The van der Waals surface area contributed by atoms with E-state index in [1.807, 2.05) is 18.2 Å². The van der Waals surface area contributed by atoms with Gasteiger partial charge in [-0.2, -0.15) is 0 Å². The van der Waals surface area contributed by atoms with Crippen molar-refractivity contribution in [2.45, 2.75) is 19.9 Å². The number of nitrogens with one attached hydrogen (secondary N) is 2. The number of hydrogen-bond donors (Lipinski definition) is 2. The van der Waals surface area contributed by atoms with E-state index in [-0.39, 0.29) is 6.03 Å². The van der Waals surface area contributed by atoms with Crippen molar-refractivity contribution in [2.75, 3.05) is 26.2 Å². The minimum Gasteiger partial charge on any atom is -0.472 e. The van der Waals surface area contributed by atoms with E-state index in [4.69, 9.17) is 4.42 Å². The highest BCUT2D eigenvalue weighted by molar-refractivity contribution is 9.10. The molecule has 6 heteroatoms. The van der Waals surface area contributed by atoms with Gasteiger partial charge in [-0.15, -0.1) is 0 Å². The molecule has 5 nitrogen and oxygen atoms in total. The first-order chi connectivity index (χ1) is 11.7. The molecule has 2 rings (SSSR count). The molecule has 2 amide bonds. The Morgan fingerprint density at radius 2 is 2.04 bits per heavy atom. The van der Waals surface area contributed by atoms with E-state index in [0.717, 1.165) is 36.1 Å². The van der Waals surface area contributed by atoms with Gasteiger partial charge in [-0.05, 0) is 42.3 Å². The summed E-state index contributed by atoms with van der Waals surface area (Å²) in [4.78, 5) is 14.1. The Bertz CT molecular complexity index is 616. The van der Waals surface area contributed by atoms with Crippen LogP contribution in [-0.4, -0.2) is 37.1 Å². The smallest absolute Gasteiger partial charge is 0.314 e. The Balaban J connectivity index is 1.63. The fourth-order valence-corrected chi connectivity index (χ4v) is 2.83. The largest absolute Gasteiger partial charge is 0.472 e. The molecule has 130 valence electrons. The summed E-state index contributed by atoms with van der Waals surface area (Å²) in [6.45, 7) is 5.98. The highest BCUT2D eigenvalue weighted by Crippen LogP contribution is 2.13. The molecule has 0 saturated carbocycles. The van der Waals surface area contributed by atoms with Crippen LogP contribution in [0.1, 0.15) is 18.1 Å². The number of halogens is 1. The monoisotopic (exact) mass is 393 g/mol. The van der Waals surface area contributed by atoms with Gasteiger partial charge < -0.3 is 15.1 Å². The van der Waals surface area contributed by atoms with Gasteiger partial charge in [0.1, 0.15) is 0 Å². The van der Waals surface area contributed by atoms with Gasteiger partial charge in [0.15, 0.2) is 0 Å². The number of likely N-dealkylation sites (N-methyl/N-ethyl adjacent to an activating group) is 1. The number of rotatable bonds is 9. The van der Waals surface area contributed by atoms with Crippen LogP contribution in [-0.2, 0) is 13.0 Å². The third-order valence-corrected chi connectivity index (χ3v) is 4.23. The first-order valence-electron chi connectivity index (χ1n) is 8.17. The summed E-state index contributed by atoms with van der Waals surface area (Å²) in [6, 6.07) is 10.1. The summed E-state index contributed by atoms with van der Waals surface area (Å²) in [7, 11) is 0. The predicted octanol–water partition coefficient (Wildman–Crippen LogP) is 3.41. The molecular formula is C18H24BrN3O2. The van der Waals surface area contributed by atoms with Crippen LogP contribution in [0.25, 0.3) is 0 Å². The van der Waals surface area contributed by atoms with Crippen molar-refractivity contribution in [2.24, 2.45) is 0 Å². The summed E-state index contributed by atoms with van der Waals surface area (Å²) >= 11 is 3.49. The van der Waals surface area contributed by atoms with Crippen LogP contribution < -0.4 is 10.6 Å². The summed E-state index contributed by atoms with van der Waals surface area (Å²) in [5.41, 5.74) is 2.34. The quantitative estimate of drug-likeness (QED) is 0.686. The van der Waals surface area contributed by atoms with Crippen molar-refractivity contribution in [1.29, 1.82) is 0 Å². The van der Waals surface area contributed by atoms with Crippen molar-refractivity contribution < 1.29 is 9.21 Å². The van der Waals surface area contributed by atoms with Gasteiger partial charge in [0.05, 0.1) is 12.5 Å². The van der Waals surface area contributed by atoms with Crippen LogP contribution >= 0.6 is 15.9 Å². The summed E-state index contributed by atoms with van der Waals surface area (Å²) in [5, 5.41) is 5.75. The molecule has 24 heavy (non-hydrogen) atoms. The van der Waals surface area contributed by atoms with Gasteiger partial charge >= 0.3 is 6.03 Å². The molecule has 0 radical (unpaired) electrons. The van der Waals surface area contributed by atoms with Gasteiger partial charge in [-0.25, -0.2) is 4.79 Å². The molecule has 0 atom stereocenters. The lowest BCUT2D eigenvalue weighted by atomic mass is 10.2. The molecule has 0 aliphatic carbocycles. The second kappa shape index (κ2) is 10.2. The second-order valence-electron chi connectivity index (χ2n) is 5.56. The summed E-state index contributed by atoms with van der Waals surface area (Å²) in [5.74, 6) is 0. The van der Waals surface area contributed by atoms with E-state index in [9.17, 15) is 4.79 Å². The lowest BCUT2D eigenvalue weighted by Crippen LogP contribution is -2.40. The summed E-state index contributed by atoms with van der Waals surface area (Å²) in [6.07, 6.45) is 4.11. The lowest BCUT2D eigenvalue weighted by molar-refractivity contribution is 0.235. The molecule has 2 N–H and O–H groups in total. The normalized spacial score (nSPS) is 10.8.